The predicted octanol–water partition coefficient (Wildman–Crippen LogP) is 4.60. The smallest absolute Gasteiger partial charge is 0.413 e. The molecule has 0 atom stereocenters. The van der Waals surface area contributed by atoms with Gasteiger partial charge in [0.25, 0.3) is 0 Å². The molecular formula is C23H26N4O3S. The van der Waals surface area contributed by atoms with E-state index in [2.05, 4.69) is 48.4 Å². The summed E-state index contributed by atoms with van der Waals surface area (Å²) in [4.78, 5) is 23.5. The molecule has 0 aliphatic carbocycles. The molecule has 3 aromatic rings. The van der Waals surface area contributed by atoms with E-state index < -0.39 is 12.0 Å². The number of hydrogen-bond acceptors (Lipinski definition) is 6. The maximum absolute atomic E-state index is 12.1. The molecule has 0 unspecified atom stereocenters. The van der Waals surface area contributed by atoms with E-state index in [-0.39, 0.29) is 17.8 Å². The van der Waals surface area contributed by atoms with Crippen LogP contribution in [0.25, 0.3) is 17.1 Å². The maximum Gasteiger partial charge on any atom is 0.413 e. The molecule has 1 N–H and O–H groups in total. The van der Waals surface area contributed by atoms with Gasteiger partial charge >= 0.3 is 6.09 Å². The van der Waals surface area contributed by atoms with Crippen LogP contribution in [0.2, 0.25) is 0 Å². The molecule has 31 heavy (non-hydrogen) atoms. The van der Waals surface area contributed by atoms with Gasteiger partial charge in [-0.25, -0.2) is 4.79 Å². The van der Waals surface area contributed by atoms with Crippen LogP contribution in [0, 0.1) is 0 Å². The third-order valence-corrected chi connectivity index (χ3v) is 5.44. The Labute approximate surface area is 186 Å². The van der Waals surface area contributed by atoms with Crippen LogP contribution in [0.5, 0.6) is 0 Å². The number of carbonyl (C=O) groups is 2. The predicted molar refractivity (Wildman–Crippen MR) is 121 cm³/mol. The molecule has 0 fully saturated rings. The third-order valence-electron chi connectivity index (χ3n) is 4.51. The van der Waals surface area contributed by atoms with E-state index in [9.17, 15) is 9.59 Å². The lowest BCUT2D eigenvalue weighted by Crippen LogP contribution is -2.32. The highest BCUT2D eigenvalue weighted by atomic mass is 32.2. The summed E-state index contributed by atoms with van der Waals surface area (Å²) in [6.07, 6.45) is -0.753. The fourth-order valence-electron chi connectivity index (χ4n) is 2.93. The van der Waals surface area contributed by atoms with Gasteiger partial charge in [-0.1, -0.05) is 75.0 Å². The minimum atomic E-state index is -0.753. The Balaban J connectivity index is 1.89. The molecule has 0 spiro atoms. The topological polar surface area (TPSA) is 86.1 Å². The number of benzene rings is 2. The zero-order valence-corrected chi connectivity index (χ0v) is 18.9. The number of thioether (sulfide) groups is 1. The first-order valence-electron chi connectivity index (χ1n) is 10.0. The zero-order chi connectivity index (χ0) is 22.4. The number of ether oxygens (including phenoxy) is 1. The molecule has 0 radical (unpaired) electrons. The summed E-state index contributed by atoms with van der Waals surface area (Å²) in [5.41, 5.74) is 3.09. The number of aromatic nitrogens is 3. The van der Waals surface area contributed by atoms with Crippen LogP contribution in [-0.2, 0) is 14.9 Å². The average molecular weight is 439 g/mol. The highest BCUT2D eigenvalue weighted by molar-refractivity contribution is 7.99. The van der Waals surface area contributed by atoms with E-state index in [1.165, 1.54) is 17.3 Å². The summed E-state index contributed by atoms with van der Waals surface area (Å²) in [7, 11) is 0. The summed E-state index contributed by atoms with van der Waals surface area (Å²) in [6.45, 7) is 8.39. The zero-order valence-electron chi connectivity index (χ0n) is 18.1. The quantitative estimate of drug-likeness (QED) is 0.566. The lowest BCUT2D eigenvalue weighted by molar-refractivity contribution is -0.117. The Bertz CT molecular complexity index is 1040. The van der Waals surface area contributed by atoms with Crippen LogP contribution in [0.3, 0.4) is 0 Å². The first-order valence-corrected chi connectivity index (χ1v) is 11.0. The summed E-state index contributed by atoms with van der Waals surface area (Å²) in [6, 6.07) is 18.0. The molecule has 0 aliphatic heterocycles. The van der Waals surface area contributed by atoms with Crippen molar-refractivity contribution in [2.45, 2.75) is 38.3 Å². The molecule has 8 heteroatoms. The minimum absolute atomic E-state index is 0.00669. The normalized spacial score (nSPS) is 11.2. The van der Waals surface area contributed by atoms with Gasteiger partial charge in [0.1, 0.15) is 0 Å². The number of alkyl carbamates (subject to hydrolysis) is 1. The fraction of sp³-hybridized carbons (Fsp3) is 0.304. The van der Waals surface area contributed by atoms with Crippen LogP contribution in [0.15, 0.2) is 59.8 Å². The van der Waals surface area contributed by atoms with Gasteiger partial charge in [-0.3, -0.25) is 14.7 Å². The number of nitrogens with zero attached hydrogens (tertiary/aromatic N) is 3. The Kier molecular flexibility index (Phi) is 7.12. The second-order valence-corrected chi connectivity index (χ2v) is 8.80. The fourth-order valence-corrected chi connectivity index (χ4v) is 3.68. The van der Waals surface area contributed by atoms with E-state index in [1.54, 1.807) is 6.92 Å². The number of para-hydroxylation sites is 1. The molecule has 162 valence electrons. The highest BCUT2D eigenvalue weighted by Gasteiger charge is 2.19. The number of rotatable bonds is 6. The van der Waals surface area contributed by atoms with Crippen molar-refractivity contribution in [3.8, 4) is 17.1 Å². The van der Waals surface area contributed by atoms with Gasteiger partial charge in [0.15, 0.2) is 11.0 Å². The van der Waals surface area contributed by atoms with E-state index in [1.807, 2.05) is 47.0 Å². The number of amides is 2. The number of hydrogen-bond donors (Lipinski definition) is 1. The lowest BCUT2D eigenvalue weighted by atomic mass is 9.87. The molecule has 7 nitrogen and oxygen atoms in total. The van der Waals surface area contributed by atoms with Gasteiger partial charge in [0.2, 0.25) is 5.91 Å². The molecular weight excluding hydrogens is 412 g/mol. The minimum Gasteiger partial charge on any atom is -0.450 e. The van der Waals surface area contributed by atoms with Crippen LogP contribution < -0.4 is 5.32 Å². The van der Waals surface area contributed by atoms with Crippen molar-refractivity contribution in [1.82, 2.24) is 20.1 Å². The number of carbonyl (C=O) groups excluding carboxylic acids is 2. The molecule has 0 aliphatic rings. The summed E-state index contributed by atoms with van der Waals surface area (Å²) in [5, 5.41) is 11.4. The van der Waals surface area contributed by atoms with E-state index in [0.29, 0.717) is 11.0 Å². The number of imide groups is 1. The molecule has 0 saturated carbocycles. The van der Waals surface area contributed by atoms with Crippen molar-refractivity contribution >= 4 is 23.8 Å². The molecule has 2 aromatic carbocycles. The van der Waals surface area contributed by atoms with Crippen LogP contribution in [0.4, 0.5) is 4.79 Å². The van der Waals surface area contributed by atoms with Crippen molar-refractivity contribution in [2.24, 2.45) is 0 Å². The molecule has 3 rings (SSSR count). The Morgan fingerprint density at radius 3 is 2.32 bits per heavy atom. The van der Waals surface area contributed by atoms with Crippen molar-refractivity contribution < 1.29 is 14.3 Å². The standard InChI is InChI=1S/C23H26N4O3S/c1-5-30-22(29)24-19(28)15-31-21-26-25-20(27(21)18-9-7-6-8-10-18)16-11-13-17(14-12-16)23(2,3)4/h6-14H,5,15H2,1-4H3,(H,24,28,29). The number of nitrogens with one attached hydrogen (secondary N) is 1. The van der Waals surface area contributed by atoms with E-state index >= 15 is 0 Å². The van der Waals surface area contributed by atoms with Gasteiger partial charge < -0.3 is 4.74 Å². The molecule has 0 bridgehead atoms. The van der Waals surface area contributed by atoms with Crippen molar-refractivity contribution in [3.05, 3.63) is 60.2 Å². The summed E-state index contributed by atoms with van der Waals surface area (Å²) < 4.78 is 6.65. The third kappa shape index (κ3) is 5.73. The SMILES string of the molecule is CCOC(=O)NC(=O)CSc1nnc(-c2ccc(C(C)(C)C)cc2)n1-c1ccccc1. The second-order valence-electron chi connectivity index (χ2n) is 7.86. The lowest BCUT2D eigenvalue weighted by Gasteiger charge is -2.19. The van der Waals surface area contributed by atoms with Crippen molar-refractivity contribution in [3.63, 3.8) is 0 Å². The molecule has 1 aromatic heterocycles. The van der Waals surface area contributed by atoms with E-state index in [4.69, 9.17) is 4.74 Å². The first kappa shape index (κ1) is 22.6. The first-order chi connectivity index (χ1) is 14.8. The van der Waals surface area contributed by atoms with Gasteiger partial charge in [0.05, 0.1) is 12.4 Å². The van der Waals surface area contributed by atoms with Crippen LogP contribution >= 0.6 is 11.8 Å². The second kappa shape index (κ2) is 9.78. The molecule has 2 amide bonds. The van der Waals surface area contributed by atoms with E-state index in [0.717, 1.165) is 11.3 Å². The van der Waals surface area contributed by atoms with Gasteiger partial charge in [0, 0.05) is 11.3 Å². The maximum atomic E-state index is 12.1. The summed E-state index contributed by atoms with van der Waals surface area (Å²) >= 11 is 1.20. The Morgan fingerprint density at radius 1 is 1.03 bits per heavy atom. The highest BCUT2D eigenvalue weighted by Crippen LogP contribution is 2.30. The Morgan fingerprint density at radius 2 is 1.71 bits per heavy atom. The monoisotopic (exact) mass is 438 g/mol. The van der Waals surface area contributed by atoms with Crippen molar-refractivity contribution in [2.75, 3.05) is 12.4 Å². The molecule has 0 saturated heterocycles. The molecule has 1 heterocycles. The van der Waals surface area contributed by atoms with Crippen LogP contribution in [-0.4, -0.2) is 39.1 Å². The van der Waals surface area contributed by atoms with Gasteiger partial charge in [-0.05, 0) is 30.0 Å². The Hall–Kier alpha value is -3.13. The van der Waals surface area contributed by atoms with Crippen LogP contribution in [0.1, 0.15) is 33.3 Å². The largest absolute Gasteiger partial charge is 0.450 e. The average Bonchev–Trinajstić information content (AvgIpc) is 3.16. The van der Waals surface area contributed by atoms with Crippen molar-refractivity contribution in [1.29, 1.82) is 0 Å². The summed E-state index contributed by atoms with van der Waals surface area (Å²) in [5.74, 6) is 0.231. The van der Waals surface area contributed by atoms with Gasteiger partial charge in [-0.2, -0.15) is 0 Å². The van der Waals surface area contributed by atoms with Gasteiger partial charge in [-0.15, -0.1) is 10.2 Å².